The Labute approximate surface area is 164 Å². The quantitative estimate of drug-likeness (QED) is 0.421. The zero-order valence-electron chi connectivity index (χ0n) is 17.3. The summed E-state index contributed by atoms with van der Waals surface area (Å²) in [6, 6.07) is 0. The Morgan fingerprint density at radius 3 is 2.81 bits per heavy atom. The number of rotatable bonds is 6. The van der Waals surface area contributed by atoms with E-state index < -0.39 is 0 Å². The van der Waals surface area contributed by atoms with Crippen molar-refractivity contribution in [2.75, 3.05) is 13.2 Å². The monoisotopic (exact) mass is 378 g/mol. The highest BCUT2D eigenvalue weighted by Gasteiger charge is 2.57. The molecule has 0 aromatic heterocycles. The van der Waals surface area contributed by atoms with E-state index in [9.17, 15) is 9.90 Å². The number of fused-ring (bicyclic) bond motifs is 3. The molecule has 3 fully saturated rings. The highest BCUT2D eigenvalue weighted by Crippen LogP contribution is 2.61. The number of aliphatic hydroxyl groups is 1. The molecule has 3 aliphatic rings. The van der Waals surface area contributed by atoms with E-state index in [1.165, 1.54) is 0 Å². The van der Waals surface area contributed by atoms with Crippen molar-refractivity contribution in [2.24, 2.45) is 45.4 Å². The van der Waals surface area contributed by atoms with Crippen LogP contribution in [-0.2, 0) is 9.63 Å². The molecule has 0 aliphatic heterocycles. The second-order valence-corrected chi connectivity index (χ2v) is 9.75. The van der Waals surface area contributed by atoms with Crippen LogP contribution in [0.15, 0.2) is 5.16 Å². The second-order valence-electron chi connectivity index (χ2n) is 9.75. The van der Waals surface area contributed by atoms with Gasteiger partial charge in [0.05, 0.1) is 6.10 Å². The van der Waals surface area contributed by atoms with Crippen LogP contribution in [0.25, 0.3) is 0 Å². The molecule has 0 heterocycles. The highest BCUT2D eigenvalue weighted by atomic mass is 16.6. The first-order valence-electron chi connectivity index (χ1n) is 10.9. The summed E-state index contributed by atoms with van der Waals surface area (Å²) in [6.45, 7) is 7.58. The van der Waals surface area contributed by atoms with Crippen LogP contribution >= 0.6 is 0 Å². The Hall–Kier alpha value is -0.940. The predicted molar refractivity (Wildman–Crippen MR) is 107 cm³/mol. The van der Waals surface area contributed by atoms with E-state index in [4.69, 9.17) is 10.6 Å². The van der Waals surface area contributed by atoms with Crippen molar-refractivity contribution in [1.29, 1.82) is 0 Å². The van der Waals surface area contributed by atoms with Gasteiger partial charge in [0.2, 0.25) is 0 Å². The largest absolute Gasteiger partial charge is 0.395 e. The van der Waals surface area contributed by atoms with Crippen LogP contribution in [0.3, 0.4) is 0 Å². The van der Waals surface area contributed by atoms with Crippen LogP contribution in [0.1, 0.15) is 72.1 Å². The Bertz CT molecular complexity index is 566. The summed E-state index contributed by atoms with van der Waals surface area (Å²) >= 11 is 0. The molecule has 3 N–H and O–H groups in total. The van der Waals surface area contributed by atoms with Gasteiger partial charge in [-0.2, -0.15) is 0 Å². The maximum absolute atomic E-state index is 13.4. The van der Waals surface area contributed by atoms with Crippen molar-refractivity contribution in [3.63, 3.8) is 0 Å². The molecule has 27 heavy (non-hydrogen) atoms. The van der Waals surface area contributed by atoms with E-state index in [1.54, 1.807) is 6.21 Å². The fourth-order valence-corrected chi connectivity index (χ4v) is 6.56. The van der Waals surface area contributed by atoms with Crippen molar-refractivity contribution >= 4 is 12.0 Å². The number of nitrogens with zero attached hydrogens (tertiary/aromatic N) is 1. The molecule has 0 spiro atoms. The van der Waals surface area contributed by atoms with Crippen LogP contribution < -0.4 is 5.73 Å². The number of nitrogens with two attached hydrogens (primary N) is 1. The van der Waals surface area contributed by atoms with Gasteiger partial charge in [-0.05, 0) is 62.2 Å². The number of ketones is 1. The molecule has 0 radical (unpaired) electrons. The summed E-state index contributed by atoms with van der Waals surface area (Å²) in [5.74, 6) is 1.68. The Morgan fingerprint density at radius 2 is 2.11 bits per heavy atom. The van der Waals surface area contributed by atoms with E-state index in [1.807, 2.05) is 0 Å². The molecule has 0 aromatic carbocycles. The lowest BCUT2D eigenvalue weighted by atomic mass is 9.45. The van der Waals surface area contributed by atoms with Crippen molar-refractivity contribution in [1.82, 2.24) is 0 Å². The van der Waals surface area contributed by atoms with Gasteiger partial charge in [-0.3, -0.25) is 4.79 Å². The average molecular weight is 379 g/mol. The molecule has 0 aromatic rings. The number of hydrogen-bond donors (Lipinski definition) is 2. The number of carbonyl (C=O) groups excluding carboxylic acids is 1. The Kier molecular flexibility index (Phi) is 6.31. The SMILES string of the molecule is CCC[C@@]1(C)CC[C@H]2[C@@H](CCC3C[C@@H](O)C(/C=N\OCCN)C[C@@]32C)C1=O. The number of hydrogen-bond acceptors (Lipinski definition) is 5. The minimum Gasteiger partial charge on any atom is -0.395 e. The van der Waals surface area contributed by atoms with Gasteiger partial charge in [0.1, 0.15) is 12.4 Å². The zero-order valence-corrected chi connectivity index (χ0v) is 17.3. The van der Waals surface area contributed by atoms with Gasteiger partial charge in [0, 0.05) is 30.0 Å². The standard InChI is InChI=1S/C22H38N2O3/c1-4-8-21(2)9-7-18-17(20(21)26)6-5-16-12-19(25)15(13-22(16,18)3)14-24-27-11-10-23/h14-19,25H,4-13,23H2,1-3H3/b24-14-/t15?,16?,17-,18+,19-,21+,22+/m1/s1. The van der Waals surface area contributed by atoms with Gasteiger partial charge in [-0.1, -0.05) is 32.3 Å². The molecule has 3 rings (SSSR count). The van der Waals surface area contributed by atoms with Gasteiger partial charge >= 0.3 is 0 Å². The second kappa shape index (κ2) is 8.20. The zero-order chi connectivity index (χ0) is 19.7. The Morgan fingerprint density at radius 1 is 1.33 bits per heavy atom. The van der Waals surface area contributed by atoms with E-state index >= 15 is 0 Å². The third kappa shape index (κ3) is 3.82. The van der Waals surface area contributed by atoms with Crippen LogP contribution in [0.2, 0.25) is 0 Å². The summed E-state index contributed by atoms with van der Waals surface area (Å²) in [5, 5.41) is 14.7. The number of aliphatic hydroxyl groups excluding tert-OH is 1. The molecule has 5 heteroatoms. The molecule has 3 aliphatic carbocycles. The van der Waals surface area contributed by atoms with Crippen molar-refractivity contribution in [3.8, 4) is 0 Å². The third-order valence-electron chi connectivity index (χ3n) is 8.06. The minimum absolute atomic E-state index is 0.00169. The summed E-state index contributed by atoms with van der Waals surface area (Å²) in [6.07, 6.45) is 9.44. The third-order valence-corrected chi connectivity index (χ3v) is 8.06. The van der Waals surface area contributed by atoms with Crippen LogP contribution in [0, 0.1) is 34.5 Å². The number of oxime groups is 1. The maximum atomic E-state index is 13.4. The van der Waals surface area contributed by atoms with Crippen LogP contribution in [0.4, 0.5) is 0 Å². The Balaban J connectivity index is 1.77. The van der Waals surface area contributed by atoms with Crippen molar-refractivity contribution in [3.05, 3.63) is 0 Å². The maximum Gasteiger partial charge on any atom is 0.142 e. The van der Waals surface area contributed by atoms with Gasteiger partial charge in [-0.25, -0.2) is 0 Å². The van der Waals surface area contributed by atoms with Gasteiger partial charge in [0.25, 0.3) is 0 Å². The summed E-state index contributed by atoms with van der Waals surface area (Å²) < 4.78 is 0. The molecule has 5 nitrogen and oxygen atoms in total. The average Bonchev–Trinajstić information content (AvgIpc) is 2.63. The smallest absolute Gasteiger partial charge is 0.142 e. The summed E-state index contributed by atoms with van der Waals surface area (Å²) in [7, 11) is 0. The van der Waals surface area contributed by atoms with Crippen molar-refractivity contribution < 1.29 is 14.7 Å². The molecular formula is C22H38N2O3. The van der Waals surface area contributed by atoms with E-state index in [-0.39, 0.29) is 28.8 Å². The molecule has 7 atom stereocenters. The van der Waals surface area contributed by atoms with Crippen LogP contribution in [0.5, 0.6) is 0 Å². The summed E-state index contributed by atoms with van der Waals surface area (Å²) in [4.78, 5) is 18.5. The minimum atomic E-state index is -0.366. The molecular weight excluding hydrogens is 340 g/mol. The van der Waals surface area contributed by atoms with Crippen LogP contribution in [-0.4, -0.2) is 36.4 Å². The van der Waals surface area contributed by atoms with Gasteiger partial charge in [0.15, 0.2) is 0 Å². The first-order chi connectivity index (χ1) is 12.9. The summed E-state index contributed by atoms with van der Waals surface area (Å²) in [5.41, 5.74) is 5.42. The van der Waals surface area contributed by atoms with Crippen molar-refractivity contribution in [2.45, 2.75) is 78.2 Å². The lowest BCUT2D eigenvalue weighted by Gasteiger charge is -2.58. The predicted octanol–water partition coefficient (Wildman–Crippen LogP) is 3.54. The molecule has 3 saturated carbocycles. The fraction of sp³-hybridized carbons (Fsp3) is 0.909. The number of carbonyl (C=O) groups is 1. The first kappa shape index (κ1) is 20.8. The molecule has 0 bridgehead atoms. The van der Waals surface area contributed by atoms with E-state index in [0.29, 0.717) is 30.8 Å². The van der Waals surface area contributed by atoms with E-state index in [0.717, 1.165) is 51.4 Å². The molecule has 0 amide bonds. The lowest BCUT2D eigenvalue weighted by molar-refractivity contribution is -0.155. The fourth-order valence-electron chi connectivity index (χ4n) is 6.56. The number of Topliss-reactive ketones (excluding diaryl/α,β-unsaturated/α-hetero) is 1. The topological polar surface area (TPSA) is 84.9 Å². The van der Waals surface area contributed by atoms with Gasteiger partial charge < -0.3 is 15.7 Å². The normalized spacial score (nSPS) is 44.8. The lowest BCUT2D eigenvalue weighted by Crippen LogP contribution is -2.56. The highest BCUT2D eigenvalue weighted by molar-refractivity contribution is 5.88. The molecule has 2 unspecified atom stereocenters. The van der Waals surface area contributed by atoms with Gasteiger partial charge in [-0.15, -0.1) is 0 Å². The molecule has 0 saturated heterocycles. The van der Waals surface area contributed by atoms with E-state index in [2.05, 4.69) is 25.9 Å². The molecule has 154 valence electrons. The first-order valence-corrected chi connectivity index (χ1v) is 10.9.